The second-order valence-electron chi connectivity index (χ2n) is 5.52. The van der Waals surface area contributed by atoms with E-state index >= 15 is 0 Å². The van der Waals surface area contributed by atoms with Crippen LogP contribution < -0.4 is 5.32 Å². The van der Waals surface area contributed by atoms with Gasteiger partial charge in [0.1, 0.15) is 10.7 Å². The topological polar surface area (TPSA) is 67.8 Å². The maximum Gasteiger partial charge on any atom is 0.274 e. The van der Waals surface area contributed by atoms with Crippen LogP contribution in [0, 0.1) is 0 Å². The van der Waals surface area contributed by atoms with Crippen molar-refractivity contribution in [2.24, 2.45) is 0 Å². The third-order valence-electron chi connectivity index (χ3n) is 3.75. The molecule has 5 nitrogen and oxygen atoms in total. The number of nitrogens with one attached hydrogen (secondary N) is 1. The predicted molar refractivity (Wildman–Crippen MR) is 103 cm³/mol. The Bertz CT molecular complexity index is 1030. The molecule has 0 aliphatic carbocycles. The van der Waals surface area contributed by atoms with E-state index in [9.17, 15) is 4.79 Å². The van der Waals surface area contributed by atoms with Crippen molar-refractivity contribution < 1.29 is 4.79 Å². The first-order valence-corrected chi connectivity index (χ1v) is 8.86. The number of aromatic nitrogens is 3. The van der Waals surface area contributed by atoms with Crippen LogP contribution in [0.1, 0.15) is 10.5 Å². The molecule has 3 aromatic heterocycles. The van der Waals surface area contributed by atoms with Gasteiger partial charge in [0, 0.05) is 40.8 Å². The Morgan fingerprint density at radius 3 is 2.62 bits per heavy atom. The first kappa shape index (κ1) is 16.1. The maximum absolute atomic E-state index is 12.3. The van der Waals surface area contributed by atoms with Gasteiger partial charge in [0.2, 0.25) is 0 Å². The molecule has 6 heteroatoms. The van der Waals surface area contributed by atoms with Crippen LogP contribution in [0.3, 0.4) is 0 Å². The Labute approximate surface area is 154 Å². The largest absolute Gasteiger partial charge is 0.321 e. The molecule has 0 bridgehead atoms. The van der Waals surface area contributed by atoms with Crippen molar-refractivity contribution in [2.45, 2.75) is 0 Å². The summed E-state index contributed by atoms with van der Waals surface area (Å²) >= 11 is 1.58. The van der Waals surface area contributed by atoms with Gasteiger partial charge in [-0.05, 0) is 36.4 Å². The lowest BCUT2D eigenvalue weighted by molar-refractivity contribution is 0.102. The highest BCUT2D eigenvalue weighted by Gasteiger charge is 2.10. The van der Waals surface area contributed by atoms with Gasteiger partial charge in [-0.1, -0.05) is 18.2 Å². The quantitative estimate of drug-likeness (QED) is 0.582. The first-order chi connectivity index (χ1) is 12.8. The van der Waals surface area contributed by atoms with E-state index in [1.54, 1.807) is 48.1 Å². The van der Waals surface area contributed by atoms with Gasteiger partial charge in [-0.3, -0.25) is 14.8 Å². The Kier molecular flexibility index (Phi) is 4.49. The number of pyridine rings is 2. The van der Waals surface area contributed by atoms with Crippen molar-refractivity contribution in [2.75, 3.05) is 5.32 Å². The van der Waals surface area contributed by atoms with E-state index in [1.807, 2.05) is 41.8 Å². The van der Waals surface area contributed by atoms with Crippen LogP contribution in [0.25, 0.3) is 21.8 Å². The van der Waals surface area contributed by atoms with Crippen molar-refractivity contribution in [1.29, 1.82) is 0 Å². The molecule has 1 amide bonds. The van der Waals surface area contributed by atoms with E-state index in [-0.39, 0.29) is 5.91 Å². The lowest BCUT2D eigenvalue weighted by atomic mass is 10.1. The zero-order chi connectivity index (χ0) is 17.8. The average molecular weight is 358 g/mol. The first-order valence-electron chi connectivity index (χ1n) is 7.98. The molecule has 0 spiro atoms. The smallest absolute Gasteiger partial charge is 0.274 e. The minimum absolute atomic E-state index is 0.237. The highest BCUT2D eigenvalue weighted by Crippen LogP contribution is 2.29. The van der Waals surface area contributed by atoms with E-state index in [0.29, 0.717) is 11.4 Å². The molecule has 1 aromatic carbocycles. The van der Waals surface area contributed by atoms with Crippen molar-refractivity contribution in [1.82, 2.24) is 15.0 Å². The summed E-state index contributed by atoms with van der Waals surface area (Å²) < 4.78 is 0. The molecule has 0 saturated heterocycles. The van der Waals surface area contributed by atoms with Crippen LogP contribution in [0.15, 0.2) is 78.6 Å². The summed E-state index contributed by atoms with van der Waals surface area (Å²) in [5, 5.41) is 5.82. The second-order valence-corrected chi connectivity index (χ2v) is 6.38. The minimum Gasteiger partial charge on any atom is -0.321 e. The van der Waals surface area contributed by atoms with E-state index < -0.39 is 0 Å². The standard InChI is InChI=1S/C20H14N4OS/c25-19(17-6-1-2-9-22-17)23-16-5-3-4-15(12-16)18-13-26-20(24-18)14-7-10-21-11-8-14/h1-13H,(H,23,25). The normalized spacial score (nSPS) is 10.5. The van der Waals surface area contributed by atoms with Gasteiger partial charge in [0.25, 0.3) is 5.91 Å². The van der Waals surface area contributed by atoms with Gasteiger partial charge in [-0.2, -0.15) is 0 Å². The Morgan fingerprint density at radius 1 is 0.923 bits per heavy atom. The number of carbonyl (C=O) groups is 1. The zero-order valence-electron chi connectivity index (χ0n) is 13.7. The SMILES string of the molecule is O=C(Nc1cccc(-c2csc(-c3ccncc3)n2)c1)c1ccccn1. The zero-order valence-corrected chi connectivity index (χ0v) is 14.5. The highest BCUT2D eigenvalue weighted by atomic mass is 32.1. The Hall–Kier alpha value is -3.38. The van der Waals surface area contributed by atoms with Crippen LogP contribution in [0.5, 0.6) is 0 Å². The van der Waals surface area contributed by atoms with Crippen molar-refractivity contribution in [3.05, 3.63) is 84.3 Å². The molecule has 26 heavy (non-hydrogen) atoms. The van der Waals surface area contributed by atoms with E-state index in [1.165, 1.54) is 0 Å². The summed E-state index contributed by atoms with van der Waals surface area (Å²) in [7, 11) is 0. The summed E-state index contributed by atoms with van der Waals surface area (Å²) in [6, 6.07) is 16.7. The van der Waals surface area contributed by atoms with E-state index in [0.717, 1.165) is 21.8 Å². The third-order valence-corrected chi connectivity index (χ3v) is 4.64. The number of anilines is 1. The average Bonchev–Trinajstić information content (AvgIpc) is 3.20. The second kappa shape index (κ2) is 7.25. The number of rotatable bonds is 4. The molecule has 0 fully saturated rings. The molecular formula is C20H14N4OS. The lowest BCUT2D eigenvalue weighted by Gasteiger charge is -2.06. The fraction of sp³-hybridized carbons (Fsp3) is 0. The number of carbonyl (C=O) groups excluding carboxylic acids is 1. The monoisotopic (exact) mass is 358 g/mol. The van der Waals surface area contributed by atoms with Gasteiger partial charge >= 0.3 is 0 Å². The van der Waals surface area contributed by atoms with E-state index in [4.69, 9.17) is 4.98 Å². The Morgan fingerprint density at radius 2 is 1.81 bits per heavy atom. The molecule has 4 rings (SSSR count). The molecule has 0 atom stereocenters. The molecule has 0 saturated carbocycles. The summed E-state index contributed by atoms with van der Waals surface area (Å²) in [6.45, 7) is 0. The number of amides is 1. The summed E-state index contributed by atoms with van der Waals surface area (Å²) in [5.41, 5.74) is 3.94. The summed E-state index contributed by atoms with van der Waals surface area (Å²) in [6.07, 6.45) is 5.11. The number of benzene rings is 1. The fourth-order valence-corrected chi connectivity index (χ4v) is 3.32. The fourth-order valence-electron chi connectivity index (χ4n) is 2.48. The van der Waals surface area contributed by atoms with Crippen molar-refractivity contribution in [3.8, 4) is 21.8 Å². The summed E-state index contributed by atoms with van der Waals surface area (Å²) in [5.74, 6) is -0.237. The minimum atomic E-state index is -0.237. The molecule has 4 aromatic rings. The maximum atomic E-state index is 12.3. The van der Waals surface area contributed by atoms with Gasteiger partial charge in [-0.15, -0.1) is 11.3 Å². The molecule has 126 valence electrons. The van der Waals surface area contributed by atoms with Gasteiger partial charge in [-0.25, -0.2) is 4.98 Å². The van der Waals surface area contributed by atoms with Gasteiger partial charge in [0.05, 0.1) is 5.69 Å². The number of hydrogen-bond donors (Lipinski definition) is 1. The van der Waals surface area contributed by atoms with Gasteiger partial charge in [0.15, 0.2) is 0 Å². The highest BCUT2D eigenvalue weighted by molar-refractivity contribution is 7.13. The molecule has 0 radical (unpaired) electrons. The van der Waals surface area contributed by atoms with Gasteiger partial charge < -0.3 is 5.32 Å². The van der Waals surface area contributed by atoms with E-state index in [2.05, 4.69) is 15.3 Å². The molecule has 0 aliphatic heterocycles. The van der Waals surface area contributed by atoms with Crippen LogP contribution in [-0.2, 0) is 0 Å². The van der Waals surface area contributed by atoms with Crippen LogP contribution in [-0.4, -0.2) is 20.9 Å². The van der Waals surface area contributed by atoms with Crippen LogP contribution >= 0.6 is 11.3 Å². The predicted octanol–water partition coefficient (Wildman–Crippen LogP) is 4.52. The molecule has 3 heterocycles. The van der Waals surface area contributed by atoms with Crippen molar-refractivity contribution in [3.63, 3.8) is 0 Å². The number of thiazole rings is 1. The number of nitrogens with zero attached hydrogens (tertiary/aromatic N) is 3. The lowest BCUT2D eigenvalue weighted by Crippen LogP contribution is -2.13. The molecule has 0 unspecified atom stereocenters. The molecule has 1 N–H and O–H groups in total. The third kappa shape index (κ3) is 3.50. The molecule has 0 aliphatic rings. The summed E-state index contributed by atoms with van der Waals surface area (Å²) in [4.78, 5) is 25.0. The van der Waals surface area contributed by atoms with Crippen LogP contribution in [0.2, 0.25) is 0 Å². The van der Waals surface area contributed by atoms with Crippen molar-refractivity contribution >= 4 is 22.9 Å². The molecular weight excluding hydrogens is 344 g/mol. The number of hydrogen-bond acceptors (Lipinski definition) is 5. The Balaban J connectivity index is 1.57. The van der Waals surface area contributed by atoms with Crippen LogP contribution in [0.4, 0.5) is 5.69 Å².